The largest absolute Gasteiger partial charge is 0.493 e. The van der Waals surface area contributed by atoms with Gasteiger partial charge in [0.1, 0.15) is 15.7 Å². The Bertz CT molecular complexity index is 1020. The van der Waals surface area contributed by atoms with Crippen LogP contribution in [0.2, 0.25) is 0 Å². The highest BCUT2D eigenvalue weighted by Crippen LogP contribution is 2.35. The lowest BCUT2D eigenvalue weighted by Gasteiger charge is -2.08. The van der Waals surface area contributed by atoms with E-state index in [-0.39, 0.29) is 18.3 Å². The quantitative estimate of drug-likeness (QED) is 0.559. The lowest BCUT2D eigenvalue weighted by molar-refractivity contribution is 0.0954. The van der Waals surface area contributed by atoms with Crippen molar-refractivity contribution in [3.63, 3.8) is 0 Å². The first-order chi connectivity index (χ1) is 13.4. The van der Waals surface area contributed by atoms with E-state index in [2.05, 4.69) is 26.2 Å². The Hall–Kier alpha value is -2.45. The van der Waals surface area contributed by atoms with Crippen molar-refractivity contribution < 1.29 is 18.7 Å². The molecule has 1 heterocycles. The number of carbonyl (C=O) groups is 1. The molecule has 146 valence electrons. The summed E-state index contributed by atoms with van der Waals surface area (Å²) in [6.45, 7) is 1.86. The number of hydrogen-bond donors (Lipinski definition) is 1. The van der Waals surface area contributed by atoms with E-state index in [1.165, 1.54) is 17.4 Å². The minimum absolute atomic E-state index is 0.0904. The van der Waals surface area contributed by atoms with E-state index >= 15 is 0 Å². The first-order valence-corrected chi connectivity index (χ1v) is 9.95. The van der Waals surface area contributed by atoms with Crippen molar-refractivity contribution in [2.75, 3.05) is 14.2 Å². The number of ether oxygens (including phenoxy) is 2. The van der Waals surface area contributed by atoms with Crippen molar-refractivity contribution in [3.05, 3.63) is 62.8 Å². The number of thiazole rings is 1. The van der Waals surface area contributed by atoms with Crippen LogP contribution in [0.4, 0.5) is 4.39 Å². The van der Waals surface area contributed by atoms with E-state index in [0.29, 0.717) is 32.6 Å². The maximum Gasteiger partial charge on any atom is 0.263 e. The summed E-state index contributed by atoms with van der Waals surface area (Å²) in [6.07, 6.45) is 0. The molecular weight excluding hydrogens is 447 g/mol. The number of aryl methyl sites for hydroxylation is 1. The second kappa shape index (κ2) is 8.70. The third-order valence-corrected chi connectivity index (χ3v) is 5.78. The van der Waals surface area contributed by atoms with Gasteiger partial charge in [-0.15, -0.1) is 11.3 Å². The Balaban J connectivity index is 1.80. The van der Waals surface area contributed by atoms with Gasteiger partial charge in [-0.25, -0.2) is 9.37 Å². The SMILES string of the molecule is COc1ccc(-c2nc(C)c(C(=O)NCc3cc(Br)ccc3F)s2)cc1OC. The zero-order valence-corrected chi connectivity index (χ0v) is 17.9. The summed E-state index contributed by atoms with van der Waals surface area (Å²) in [7, 11) is 3.14. The van der Waals surface area contributed by atoms with Gasteiger partial charge in [-0.2, -0.15) is 0 Å². The molecular formula is C20H18BrFN2O3S. The number of benzene rings is 2. The molecule has 3 aromatic rings. The van der Waals surface area contributed by atoms with E-state index in [1.807, 2.05) is 12.1 Å². The number of aromatic nitrogens is 1. The Morgan fingerprint density at radius 3 is 2.64 bits per heavy atom. The Morgan fingerprint density at radius 2 is 1.93 bits per heavy atom. The standard InChI is InChI=1S/C20H18BrFN2O3S/c1-11-18(19(25)23-10-13-8-14(21)5-6-15(13)22)28-20(24-11)12-4-7-16(26-2)17(9-12)27-3/h4-9H,10H2,1-3H3,(H,23,25). The highest BCUT2D eigenvalue weighted by molar-refractivity contribution is 9.10. The predicted octanol–water partition coefficient (Wildman–Crippen LogP) is 4.97. The van der Waals surface area contributed by atoms with Gasteiger partial charge in [-0.05, 0) is 43.3 Å². The molecule has 0 spiro atoms. The molecule has 0 atom stereocenters. The second-order valence-corrected chi connectivity index (χ2v) is 7.84. The fourth-order valence-electron chi connectivity index (χ4n) is 2.63. The van der Waals surface area contributed by atoms with Gasteiger partial charge in [0, 0.05) is 22.1 Å². The Morgan fingerprint density at radius 1 is 1.18 bits per heavy atom. The number of nitrogens with zero attached hydrogens (tertiary/aromatic N) is 1. The van der Waals surface area contributed by atoms with Crippen LogP contribution in [-0.4, -0.2) is 25.1 Å². The lowest BCUT2D eigenvalue weighted by atomic mass is 10.2. The number of amides is 1. The minimum Gasteiger partial charge on any atom is -0.493 e. The molecule has 0 aliphatic rings. The first kappa shape index (κ1) is 20.3. The summed E-state index contributed by atoms with van der Waals surface area (Å²) in [5.74, 6) is 0.550. The predicted molar refractivity (Wildman–Crippen MR) is 111 cm³/mol. The van der Waals surface area contributed by atoms with Crippen LogP contribution < -0.4 is 14.8 Å². The maximum absolute atomic E-state index is 13.9. The molecule has 0 aliphatic carbocycles. The molecule has 2 aromatic carbocycles. The summed E-state index contributed by atoms with van der Waals surface area (Å²) in [5.41, 5.74) is 1.84. The van der Waals surface area contributed by atoms with Crippen molar-refractivity contribution in [1.82, 2.24) is 10.3 Å². The van der Waals surface area contributed by atoms with Crippen LogP contribution in [0.1, 0.15) is 20.9 Å². The highest BCUT2D eigenvalue weighted by Gasteiger charge is 2.18. The van der Waals surface area contributed by atoms with E-state index in [0.717, 1.165) is 10.0 Å². The number of halogens is 2. The van der Waals surface area contributed by atoms with Crippen molar-refractivity contribution in [2.24, 2.45) is 0 Å². The van der Waals surface area contributed by atoms with Crippen LogP contribution in [0.5, 0.6) is 11.5 Å². The zero-order valence-electron chi connectivity index (χ0n) is 15.5. The van der Waals surface area contributed by atoms with E-state index in [9.17, 15) is 9.18 Å². The van der Waals surface area contributed by atoms with E-state index in [4.69, 9.17) is 9.47 Å². The van der Waals surface area contributed by atoms with Crippen LogP contribution in [-0.2, 0) is 6.54 Å². The van der Waals surface area contributed by atoms with Crippen molar-refractivity contribution in [1.29, 1.82) is 0 Å². The third-order valence-electron chi connectivity index (χ3n) is 4.08. The second-order valence-electron chi connectivity index (χ2n) is 5.92. The molecule has 3 rings (SSSR count). The topological polar surface area (TPSA) is 60.5 Å². The number of hydrogen-bond acceptors (Lipinski definition) is 5. The lowest BCUT2D eigenvalue weighted by Crippen LogP contribution is -2.23. The smallest absolute Gasteiger partial charge is 0.263 e. The molecule has 0 unspecified atom stereocenters. The van der Waals surface area contributed by atoms with Gasteiger partial charge >= 0.3 is 0 Å². The zero-order chi connectivity index (χ0) is 20.3. The van der Waals surface area contributed by atoms with E-state index < -0.39 is 0 Å². The number of rotatable bonds is 6. The molecule has 1 aromatic heterocycles. The summed E-state index contributed by atoms with van der Waals surface area (Å²) in [6, 6.07) is 10.1. The first-order valence-electron chi connectivity index (χ1n) is 8.35. The number of carbonyl (C=O) groups excluding carboxylic acids is 1. The van der Waals surface area contributed by atoms with Gasteiger partial charge in [-0.3, -0.25) is 4.79 Å². The summed E-state index contributed by atoms with van der Waals surface area (Å²) in [4.78, 5) is 17.6. The normalized spacial score (nSPS) is 10.6. The molecule has 0 aliphatic heterocycles. The van der Waals surface area contributed by atoms with Crippen LogP contribution in [0.15, 0.2) is 40.9 Å². The molecule has 1 N–H and O–H groups in total. The molecule has 0 radical (unpaired) electrons. The summed E-state index contributed by atoms with van der Waals surface area (Å²) in [5, 5.41) is 3.45. The fraction of sp³-hybridized carbons (Fsp3) is 0.200. The van der Waals surface area contributed by atoms with Crippen molar-refractivity contribution in [2.45, 2.75) is 13.5 Å². The van der Waals surface area contributed by atoms with Crippen LogP contribution in [0.25, 0.3) is 10.6 Å². The molecule has 0 saturated carbocycles. The molecule has 28 heavy (non-hydrogen) atoms. The van der Waals surface area contributed by atoms with Crippen molar-refractivity contribution >= 4 is 33.2 Å². The van der Waals surface area contributed by atoms with Gasteiger partial charge in [0.25, 0.3) is 5.91 Å². The molecule has 1 amide bonds. The van der Waals surface area contributed by atoms with Gasteiger partial charge in [0.05, 0.1) is 19.9 Å². The maximum atomic E-state index is 13.9. The van der Waals surface area contributed by atoms with Crippen LogP contribution >= 0.6 is 27.3 Å². The average Bonchev–Trinajstić information content (AvgIpc) is 3.09. The molecule has 5 nitrogen and oxygen atoms in total. The molecule has 0 fully saturated rings. The molecule has 0 bridgehead atoms. The number of nitrogens with one attached hydrogen (secondary N) is 1. The van der Waals surface area contributed by atoms with E-state index in [1.54, 1.807) is 39.3 Å². The number of methoxy groups -OCH3 is 2. The fourth-order valence-corrected chi connectivity index (χ4v) is 4.02. The molecule has 8 heteroatoms. The van der Waals surface area contributed by atoms with Gasteiger partial charge in [-0.1, -0.05) is 15.9 Å². The van der Waals surface area contributed by atoms with Crippen LogP contribution in [0.3, 0.4) is 0 Å². The summed E-state index contributed by atoms with van der Waals surface area (Å²) >= 11 is 4.58. The van der Waals surface area contributed by atoms with Gasteiger partial charge < -0.3 is 14.8 Å². The minimum atomic E-state index is -0.365. The van der Waals surface area contributed by atoms with Gasteiger partial charge in [0.15, 0.2) is 11.5 Å². The van der Waals surface area contributed by atoms with Crippen molar-refractivity contribution in [3.8, 4) is 22.1 Å². The third kappa shape index (κ3) is 4.34. The Kier molecular flexibility index (Phi) is 6.31. The molecule has 0 saturated heterocycles. The van der Waals surface area contributed by atoms with Gasteiger partial charge in [0.2, 0.25) is 0 Å². The average molecular weight is 465 g/mol. The monoisotopic (exact) mass is 464 g/mol. The Labute approximate surface area is 174 Å². The summed E-state index contributed by atoms with van der Waals surface area (Å²) < 4.78 is 25.2. The van der Waals surface area contributed by atoms with Crippen LogP contribution in [0, 0.1) is 12.7 Å². The highest BCUT2D eigenvalue weighted by atomic mass is 79.9.